The molecular weight excluding hydrogens is 288 g/mol. The summed E-state index contributed by atoms with van der Waals surface area (Å²) in [4.78, 5) is 37.5. The quantitative estimate of drug-likeness (QED) is 0.510. The fraction of sp³-hybridized carbons (Fsp3) is 0.0714. The zero-order valence-corrected chi connectivity index (χ0v) is 11.6. The lowest BCUT2D eigenvalue weighted by molar-refractivity contribution is -0.384. The zero-order valence-electron chi connectivity index (χ0n) is 11.6. The highest BCUT2D eigenvalue weighted by Gasteiger charge is 2.16. The van der Waals surface area contributed by atoms with Gasteiger partial charge in [0.25, 0.3) is 5.69 Å². The van der Waals surface area contributed by atoms with Gasteiger partial charge in [-0.15, -0.1) is 0 Å². The number of aryl methyl sites for hydroxylation is 1. The van der Waals surface area contributed by atoms with E-state index in [1.807, 2.05) is 6.92 Å². The lowest BCUT2D eigenvalue weighted by Crippen LogP contribution is -2.29. The van der Waals surface area contributed by atoms with Gasteiger partial charge >= 0.3 is 11.8 Å². The third-order valence-corrected chi connectivity index (χ3v) is 2.68. The van der Waals surface area contributed by atoms with Gasteiger partial charge in [0.05, 0.1) is 4.92 Å². The van der Waals surface area contributed by atoms with Crippen molar-refractivity contribution in [2.75, 3.05) is 10.6 Å². The summed E-state index contributed by atoms with van der Waals surface area (Å²) in [5.41, 5.74) is 0.856. The Morgan fingerprint density at radius 2 is 1.86 bits per heavy atom. The van der Waals surface area contributed by atoms with Gasteiger partial charge < -0.3 is 10.6 Å². The first-order chi connectivity index (χ1) is 10.5. The summed E-state index contributed by atoms with van der Waals surface area (Å²) in [6.45, 7) is 1.82. The Morgan fingerprint density at radius 3 is 2.55 bits per heavy atom. The predicted octanol–water partition coefficient (Wildman–Crippen LogP) is 1.88. The van der Waals surface area contributed by atoms with E-state index >= 15 is 0 Å². The van der Waals surface area contributed by atoms with Crippen LogP contribution in [0.2, 0.25) is 0 Å². The normalized spacial score (nSPS) is 9.86. The van der Waals surface area contributed by atoms with Gasteiger partial charge in [-0.2, -0.15) is 0 Å². The predicted molar refractivity (Wildman–Crippen MR) is 79.3 cm³/mol. The van der Waals surface area contributed by atoms with E-state index in [1.165, 1.54) is 24.4 Å². The molecule has 1 heterocycles. The zero-order chi connectivity index (χ0) is 16.1. The van der Waals surface area contributed by atoms with Gasteiger partial charge in [-0.1, -0.05) is 6.07 Å². The smallest absolute Gasteiger partial charge is 0.315 e. The summed E-state index contributed by atoms with van der Waals surface area (Å²) in [6, 6.07) is 8.66. The maximum Gasteiger partial charge on any atom is 0.315 e. The van der Waals surface area contributed by atoms with Gasteiger partial charge in [0, 0.05) is 24.0 Å². The fourth-order valence-corrected chi connectivity index (χ4v) is 1.66. The van der Waals surface area contributed by atoms with Crippen LogP contribution in [-0.2, 0) is 9.59 Å². The highest BCUT2D eigenvalue weighted by molar-refractivity contribution is 6.43. The number of rotatable bonds is 3. The first-order valence-electron chi connectivity index (χ1n) is 6.25. The van der Waals surface area contributed by atoms with Crippen molar-refractivity contribution in [2.45, 2.75) is 6.92 Å². The number of anilines is 2. The van der Waals surface area contributed by atoms with Gasteiger partial charge in [0.1, 0.15) is 5.82 Å². The van der Waals surface area contributed by atoms with Crippen molar-refractivity contribution in [1.82, 2.24) is 4.98 Å². The van der Waals surface area contributed by atoms with Crippen molar-refractivity contribution < 1.29 is 14.5 Å². The highest BCUT2D eigenvalue weighted by Crippen LogP contribution is 2.17. The number of non-ortho nitro benzene ring substituents is 1. The summed E-state index contributed by atoms with van der Waals surface area (Å²) in [6.07, 6.45) is 1.50. The van der Waals surface area contributed by atoms with E-state index in [1.54, 1.807) is 12.1 Å². The Bertz CT molecular complexity index is 745. The van der Waals surface area contributed by atoms with Crippen LogP contribution in [0.25, 0.3) is 0 Å². The minimum Gasteiger partial charge on any atom is -0.318 e. The van der Waals surface area contributed by atoms with E-state index < -0.39 is 16.7 Å². The van der Waals surface area contributed by atoms with Gasteiger partial charge in [-0.3, -0.25) is 19.7 Å². The number of amides is 2. The number of carbonyl (C=O) groups excluding carboxylic acids is 2. The monoisotopic (exact) mass is 300 g/mol. The Morgan fingerprint density at radius 1 is 1.14 bits per heavy atom. The molecule has 2 N–H and O–H groups in total. The molecule has 112 valence electrons. The van der Waals surface area contributed by atoms with Gasteiger partial charge in [0.2, 0.25) is 0 Å². The van der Waals surface area contributed by atoms with Crippen molar-refractivity contribution >= 4 is 29.0 Å². The van der Waals surface area contributed by atoms with Crippen LogP contribution < -0.4 is 10.6 Å². The third-order valence-electron chi connectivity index (χ3n) is 2.68. The molecule has 2 rings (SSSR count). The number of hydrogen-bond acceptors (Lipinski definition) is 5. The molecule has 8 nitrogen and oxygen atoms in total. The summed E-state index contributed by atoms with van der Waals surface area (Å²) >= 11 is 0. The van der Waals surface area contributed by atoms with E-state index in [0.717, 1.165) is 11.6 Å². The number of aromatic nitrogens is 1. The van der Waals surface area contributed by atoms with E-state index in [0.29, 0.717) is 0 Å². The third kappa shape index (κ3) is 3.85. The molecule has 0 fully saturated rings. The second kappa shape index (κ2) is 6.44. The Kier molecular flexibility index (Phi) is 4.42. The largest absolute Gasteiger partial charge is 0.318 e. The number of nitrogens with zero attached hydrogens (tertiary/aromatic N) is 2. The summed E-state index contributed by atoms with van der Waals surface area (Å²) in [5.74, 6) is -1.60. The maximum atomic E-state index is 11.8. The maximum absolute atomic E-state index is 11.8. The molecule has 22 heavy (non-hydrogen) atoms. The summed E-state index contributed by atoms with van der Waals surface area (Å²) in [5, 5.41) is 15.3. The molecule has 2 amide bonds. The van der Waals surface area contributed by atoms with Crippen molar-refractivity contribution in [2.24, 2.45) is 0 Å². The molecule has 0 aliphatic carbocycles. The van der Waals surface area contributed by atoms with Crippen molar-refractivity contribution in [3.63, 3.8) is 0 Å². The van der Waals surface area contributed by atoms with Crippen LogP contribution in [0.15, 0.2) is 42.6 Å². The van der Waals surface area contributed by atoms with Crippen molar-refractivity contribution in [3.8, 4) is 0 Å². The fourth-order valence-electron chi connectivity index (χ4n) is 1.66. The molecule has 2 aromatic rings. The van der Waals surface area contributed by atoms with E-state index in [9.17, 15) is 19.7 Å². The first-order valence-corrected chi connectivity index (χ1v) is 6.25. The number of benzene rings is 1. The number of carbonyl (C=O) groups is 2. The molecule has 0 saturated carbocycles. The molecule has 0 bridgehead atoms. The molecule has 0 radical (unpaired) electrons. The molecule has 0 unspecified atom stereocenters. The number of pyridine rings is 1. The minimum absolute atomic E-state index is 0.159. The number of nitro benzene ring substituents is 1. The molecule has 1 aromatic heterocycles. The van der Waals surface area contributed by atoms with Gasteiger partial charge in [-0.25, -0.2) is 4.98 Å². The van der Waals surface area contributed by atoms with Crippen LogP contribution in [0.4, 0.5) is 17.2 Å². The molecule has 0 spiro atoms. The Labute approximate surface area is 125 Å². The van der Waals surface area contributed by atoms with E-state index in [2.05, 4.69) is 15.6 Å². The van der Waals surface area contributed by atoms with Crippen LogP contribution in [0, 0.1) is 17.0 Å². The van der Waals surface area contributed by atoms with Crippen LogP contribution in [0.3, 0.4) is 0 Å². The number of nitrogens with one attached hydrogen (secondary N) is 2. The van der Waals surface area contributed by atoms with Gasteiger partial charge in [-0.05, 0) is 30.7 Å². The lowest BCUT2D eigenvalue weighted by Gasteiger charge is -2.06. The molecule has 0 aliphatic heterocycles. The lowest BCUT2D eigenvalue weighted by atomic mass is 10.3. The van der Waals surface area contributed by atoms with Gasteiger partial charge in [0.15, 0.2) is 0 Å². The molecule has 0 atom stereocenters. The molecule has 8 heteroatoms. The average Bonchev–Trinajstić information content (AvgIpc) is 2.47. The number of nitro groups is 1. The topological polar surface area (TPSA) is 114 Å². The SMILES string of the molecule is Cc1ccnc(NC(=O)C(=O)Nc2cccc([N+](=O)[O-])c2)c1. The van der Waals surface area contributed by atoms with Crippen LogP contribution in [-0.4, -0.2) is 21.7 Å². The first kappa shape index (κ1) is 15.1. The molecule has 0 aliphatic rings. The minimum atomic E-state index is -0.941. The summed E-state index contributed by atoms with van der Waals surface area (Å²) in [7, 11) is 0. The molecular formula is C14H12N4O4. The standard InChI is InChI=1S/C14H12N4O4/c1-9-5-6-15-12(7-9)17-14(20)13(19)16-10-3-2-4-11(8-10)18(21)22/h2-8H,1H3,(H,16,19)(H,15,17,20). The Hall–Kier alpha value is -3.29. The van der Waals surface area contributed by atoms with Crippen LogP contribution in [0.1, 0.15) is 5.56 Å². The van der Waals surface area contributed by atoms with Crippen molar-refractivity contribution in [1.29, 1.82) is 0 Å². The number of hydrogen-bond donors (Lipinski definition) is 2. The molecule has 0 saturated heterocycles. The van der Waals surface area contributed by atoms with E-state index in [-0.39, 0.29) is 17.2 Å². The second-order valence-corrected chi connectivity index (χ2v) is 4.43. The average molecular weight is 300 g/mol. The summed E-state index contributed by atoms with van der Waals surface area (Å²) < 4.78 is 0. The second-order valence-electron chi connectivity index (χ2n) is 4.43. The van der Waals surface area contributed by atoms with Crippen LogP contribution in [0.5, 0.6) is 0 Å². The molecule has 1 aromatic carbocycles. The highest BCUT2D eigenvalue weighted by atomic mass is 16.6. The van der Waals surface area contributed by atoms with E-state index in [4.69, 9.17) is 0 Å². The Balaban J connectivity index is 2.04. The van der Waals surface area contributed by atoms with Crippen LogP contribution >= 0.6 is 0 Å². The van der Waals surface area contributed by atoms with Crippen molar-refractivity contribution in [3.05, 3.63) is 58.3 Å².